The molecular formula is C34H38O3. The van der Waals surface area contributed by atoms with Crippen LogP contribution >= 0.6 is 0 Å². The molecule has 192 valence electrons. The number of phenolic OH excluding ortho intramolecular Hbond substituents is 3. The fraction of sp³-hybridized carbons (Fsp3) is 0.294. The lowest BCUT2D eigenvalue weighted by Crippen LogP contribution is -2.30. The summed E-state index contributed by atoms with van der Waals surface area (Å²) >= 11 is 0. The maximum atomic E-state index is 10.0. The zero-order chi connectivity index (χ0) is 26.5. The Hall–Kier alpha value is -3.72. The number of unbranched alkanes of at least 4 members (excludes halogenated alkanes) is 3. The quantitative estimate of drug-likeness (QED) is 0.153. The lowest BCUT2D eigenvalue weighted by molar-refractivity contribution is 0.470. The summed E-state index contributed by atoms with van der Waals surface area (Å²) in [5, 5.41) is 29.8. The third-order valence-electron chi connectivity index (χ3n) is 7.81. The summed E-state index contributed by atoms with van der Waals surface area (Å²) in [6.45, 7) is 6.63. The molecule has 0 aromatic heterocycles. The van der Waals surface area contributed by atoms with Gasteiger partial charge in [0.1, 0.15) is 17.2 Å². The van der Waals surface area contributed by atoms with Crippen molar-refractivity contribution in [1.29, 1.82) is 0 Å². The summed E-state index contributed by atoms with van der Waals surface area (Å²) in [6.07, 6.45) is 5.51. The van der Waals surface area contributed by atoms with Gasteiger partial charge in [-0.3, -0.25) is 0 Å². The van der Waals surface area contributed by atoms with Crippen molar-refractivity contribution >= 4 is 0 Å². The van der Waals surface area contributed by atoms with Crippen LogP contribution in [0.15, 0.2) is 97.1 Å². The van der Waals surface area contributed by atoms with Crippen LogP contribution in [0.5, 0.6) is 17.2 Å². The van der Waals surface area contributed by atoms with Gasteiger partial charge in [-0.25, -0.2) is 0 Å². The van der Waals surface area contributed by atoms with E-state index in [1.807, 2.05) is 36.4 Å². The minimum Gasteiger partial charge on any atom is -0.508 e. The van der Waals surface area contributed by atoms with Crippen LogP contribution in [0.4, 0.5) is 0 Å². The lowest BCUT2D eigenvalue weighted by Gasteiger charge is -2.37. The van der Waals surface area contributed by atoms with E-state index in [0.29, 0.717) is 0 Å². The fourth-order valence-electron chi connectivity index (χ4n) is 5.46. The first-order valence-corrected chi connectivity index (χ1v) is 13.3. The molecule has 0 heterocycles. The van der Waals surface area contributed by atoms with E-state index in [9.17, 15) is 15.3 Å². The molecule has 0 bridgehead atoms. The maximum absolute atomic E-state index is 10.0. The van der Waals surface area contributed by atoms with Gasteiger partial charge < -0.3 is 15.3 Å². The molecule has 0 fully saturated rings. The lowest BCUT2D eigenvalue weighted by atomic mass is 9.66. The average Bonchev–Trinajstić information content (AvgIpc) is 2.91. The first kappa shape index (κ1) is 26.3. The van der Waals surface area contributed by atoms with E-state index in [1.165, 1.54) is 24.0 Å². The Labute approximate surface area is 221 Å². The van der Waals surface area contributed by atoms with Crippen LogP contribution in [0.3, 0.4) is 0 Å². The molecule has 4 rings (SSSR count). The fourth-order valence-corrected chi connectivity index (χ4v) is 5.46. The number of hydrogen-bond donors (Lipinski definition) is 3. The highest BCUT2D eigenvalue weighted by atomic mass is 16.3. The van der Waals surface area contributed by atoms with E-state index in [-0.39, 0.29) is 22.7 Å². The van der Waals surface area contributed by atoms with E-state index in [0.717, 1.165) is 36.0 Å². The predicted octanol–water partition coefficient (Wildman–Crippen LogP) is 8.43. The minimum absolute atomic E-state index is 0.229. The summed E-state index contributed by atoms with van der Waals surface area (Å²) in [5.41, 5.74) is 5.12. The van der Waals surface area contributed by atoms with Gasteiger partial charge in [0.2, 0.25) is 0 Å². The van der Waals surface area contributed by atoms with Gasteiger partial charge in [0.05, 0.1) is 0 Å². The molecule has 0 aliphatic carbocycles. The number of hydrogen-bond acceptors (Lipinski definition) is 3. The van der Waals surface area contributed by atoms with Gasteiger partial charge in [-0.1, -0.05) is 107 Å². The highest BCUT2D eigenvalue weighted by Crippen LogP contribution is 2.45. The maximum Gasteiger partial charge on any atom is 0.115 e. The number of aromatic hydroxyl groups is 3. The molecule has 0 spiro atoms. The molecular weight excluding hydrogens is 456 g/mol. The molecule has 3 N–H and O–H groups in total. The second kappa shape index (κ2) is 11.1. The second-order valence-electron chi connectivity index (χ2n) is 10.6. The topological polar surface area (TPSA) is 60.7 Å². The zero-order valence-corrected chi connectivity index (χ0v) is 22.1. The van der Waals surface area contributed by atoms with Crippen LogP contribution in [0.2, 0.25) is 0 Å². The van der Waals surface area contributed by atoms with Crippen molar-refractivity contribution in [2.45, 2.75) is 63.7 Å². The smallest absolute Gasteiger partial charge is 0.115 e. The molecule has 0 radical (unpaired) electrons. The summed E-state index contributed by atoms with van der Waals surface area (Å²) < 4.78 is 0. The second-order valence-corrected chi connectivity index (χ2v) is 10.6. The normalized spacial score (nSPS) is 12.0. The van der Waals surface area contributed by atoms with Crippen LogP contribution in [-0.4, -0.2) is 15.3 Å². The number of benzene rings is 4. The van der Waals surface area contributed by atoms with Gasteiger partial charge >= 0.3 is 0 Å². The zero-order valence-electron chi connectivity index (χ0n) is 22.1. The largest absolute Gasteiger partial charge is 0.508 e. The van der Waals surface area contributed by atoms with E-state index < -0.39 is 5.41 Å². The van der Waals surface area contributed by atoms with Crippen molar-refractivity contribution in [3.63, 3.8) is 0 Å². The van der Waals surface area contributed by atoms with Gasteiger partial charge in [-0.15, -0.1) is 0 Å². The number of rotatable bonds is 10. The van der Waals surface area contributed by atoms with Crippen molar-refractivity contribution in [2.24, 2.45) is 0 Å². The molecule has 3 nitrogen and oxygen atoms in total. The van der Waals surface area contributed by atoms with Crippen LogP contribution < -0.4 is 0 Å². The van der Waals surface area contributed by atoms with Gasteiger partial charge in [0.25, 0.3) is 0 Å². The molecule has 37 heavy (non-hydrogen) atoms. The van der Waals surface area contributed by atoms with Crippen LogP contribution in [0, 0.1) is 0 Å². The molecule has 0 atom stereocenters. The van der Waals surface area contributed by atoms with Crippen molar-refractivity contribution < 1.29 is 15.3 Å². The Kier molecular flexibility index (Phi) is 7.92. The highest BCUT2D eigenvalue weighted by Gasteiger charge is 2.36. The van der Waals surface area contributed by atoms with Gasteiger partial charge in [0.15, 0.2) is 0 Å². The van der Waals surface area contributed by atoms with Crippen LogP contribution in [0.1, 0.15) is 80.7 Å². The first-order valence-electron chi connectivity index (χ1n) is 13.3. The molecule has 4 aromatic carbocycles. The SMILES string of the molecule is CCCCCCC(c1ccc(O)cc1)(c1ccc(O)cc1)c1ccc(C(C)(C)c2ccc(O)cc2)cc1. The van der Waals surface area contributed by atoms with Crippen molar-refractivity contribution in [3.05, 3.63) is 125 Å². The summed E-state index contributed by atoms with van der Waals surface area (Å²) in [7, 11) is 0. The summed E-state index contributed by atoms with van der Waals surface area (Å²) in [6, 6.07) is 31.5. The first-order chi connectivity index (χ1) is 17.8. The van der Waals surface area contributed by atoms with Crippen molar-refractivity contribution in [3.8, 4) is 17.2 Å². The monoisotopic (exact) mass is 494 g/mol. The molecule has 0 aliphatic rings. The molecule has 0 amide bonds. The van der Waals surface area contributed by atoms with Gasteiger partial charge in [-0.2, -0.15) is 0 Å². The predicted molar refractivity (Wildman–Crippen MR) is 152 cm³/mol. The highest BCUT2D eigenvalue weighted by molar-refractivity contribution is 5.53. The summed E-state index contributed by atoms with van der Waals surface area (Å²) in [5.74, 6) is 0.770. The Morgan fingerprint density at radius 3 is 1.16 bits per heavy atom. The molecule has 0 aliphatic heterocycles. The van der Waals surface area contributed by atoms with Crippen LogP contribution in [-0.2, 0) is 10.8 Å². The van der Waals surface area contributed by atoms with E-state index >= 15 is 0 Å². The van der Waals surface area contributed by atoms with Crippen molar-refractivity contribution in [1.82, 2.24) is 0 Å². The molecule has 0 saturated carbocycles. The van der Waals surface area contributed by atoms with E-state index in [2.05, 4.69) is 45.0 Å². The van der Waals surface area contributed by atoms with E-state index in [4.69, 9.17) is 0 Å². The average molecular weight is 495 g/mol. The van der Waals surface area contributed by atoms with Gasteiger partial charge in [-0.05, 0) is 70.6 Å². The van der Waals surface area contributed by atoms with Gasteiger partial charge in [0, 0.05) is 10.8 Å². The third kappa shape index (κ3) is 5.51. The Balaban J connectivity index is 1.84. The van der Waals surface area contributed by atoms with Crippen LogP contribution in [0.25, 0.3) is 0 Å². The Morgan fingerprint density at radius 1 is 0.459 bits per heavy atom. The molecule has 4 aromatic rings. The summed E-state index contributed by atoms with van der Waals surface area (Å²) in [4.78, 5) is 0. The number of phenols is 3. The third-order valence-corrected chi connectivity index (χ3v) is 7.81. The Bertz CT molecular complexity index is 1220. The Morgan fingerprint density at radius 2 is 0.784 bits per heavy atom. The van der Waals surface area contributed by atoms with E-state index in [1.54, 1.807) is 36.4 Å². The molecule has 0 unspecified atom stereocenters. The van der Waals surface area contributed by atoms with Crippen molar-refractivity contribution in [2.75, 3.05) is 0 Å². The molecule has 3 heteroatoms. The standard InChI is InChI=1S/C34H38O3/c1-4-5-6-7-24-34(28-14-20-31(36)21-15-28,29-16-22-32(37)23-17-29)27-10-8-25(9-11-27)33(2,3)26-12-18-30(35)19-13-26/h8-23,35-37H,4-7,24H2,1-3H3. The molecule has 0 saturated heterocycles. The minimum atomic E-state index is -0.420.